The molecule has 2 aliphatic rings. The molecule has 0 spiro atoms. The number of amides is 4. The predicted molar refractivity (Wildman–Crippen MR) is 152 cm³/mol. The number of rotatable bonds is 16. The van der Waals surface area contributed by atoms with Gasteiger partial charge >= 0.3 is 0 Å². The molecule has 2 heterocycles. The first-order chi connectivity index (χ1) is 20.9. The van der Waals surface area contributed by atoms with E-state index in [2.05, 4.69) is 5.32 Å². The van der Waals surface area contributed by atoms with Gasteiger partial charge < -0.3 is 14.2 Å². The van der Waals surface area contributed by atoms with E-state index in [1.165, 1.54) is 30.3 Å². The van der Waals surface area contributed by atoms with Crippen LogP contribution in [0, 0.1) is 6.92 Å². The molecule has 0 aliphatic carbocycles. The summed E-state index contributed by atoms with van der Waals surface area (Å²) in [6, 6.07) is 8.95. The van der Waals surface area contributed by atoms with Gasteiger partial charge in [0.2, 0.25) is 11.8 Å². The molecule has 44 heavy (non-hydrogen) atoms. The van der Waals surface area contributed by atoms with Crippen LogP contribution in [0.1, 0.15) is 39.1 Å². The summed E-state index contributed by atoms with van der Waals surface area (Å²) in [5, 5.41) is 2.09. The second-order valence-electron chi connectivity index (χ2n) is 9.87. The number of hydrogen-bond donors (Lipinski definition) is 1. The molecule has 0 bridgehead atoms. The van der Waals surface area contributed by atoms with Crippen molar-refractivity contribution in [3.05, 3.63) is 59.2 Å². The molecular weight excluding hydrogens is 620 g/mol. The molecule has 4 amide bonds. The average Bonchev–Trinajstić information content (AvgIpc) is 3.23. The number of fused-ring (bicyclic) bond motifs is 1. The molecule has 4 rings (SSSR count). The molecule has 0 aromatic heterocycles. The lowest BCUT2D eigenvalue weighted by Gasteiger charge is -2.27. The summed E-state index contributed by atoms with van der Waals surface area (Å²) in [4.78, 5) is 50.3. The Morgan fingerprint density at radius 2 is 1.41 bits per heavy atom. The van der Waals surface area contributed by atoms with Crippen molar-refractivity contribution in [1.29, 1.82) is 0 Å². The second kappa shape index (κ2) is 14.5. The topological polar surface area (TPSA) is 189 Å². The summed E-state index contributed by atoms with van der Waals surface area (Å²) >= 11 is 0. The zero-order valence-electron chi connectivity index (χ0n) is 23.9. The maximum Gasteiger partial charge on any atom is 0.297 e. The lowest BCUT2D eigenvalue weighted by atomic mass is 10.0. The highest BCUT2D eigenvalue weighted by Crippen LogP contribution is 2.32. The van der Waals surface area contributed by atoms with E-state index in [4.69, 9.17) is 18.4 Å². The van der Waals surface area contributed by atoms with Crippen LogP contribution >= 0.6 is 0 Å². The van der Waals surface area contributed by atoms with Gasteiger partial charge in [0.25, 0.3) is 21.9 Å². The van der Waals surface area contributed by atoms with Crippen LogP contribution in [0.5, 0.6) is 0 Å². The number of aryl methyl sites for hydroxylation is 1. The highest BCUT2D eigenvalue weighted by Gasteiger charge is 2.46. The van der Waals surface area contributed by atoms with Gasteiger partial charge in [0.1, 0.15) is 6.04 Å². The quantitative estimate of drug-likeness (QED) is 0.152. The van der Waals surface area contributed by atoms with Crippen LogP contribution in [0.25, 0.3) is 0 Å². The van der Waals surface area contributed by atoms with Crippen molar-refractivity contribution < 1.29 is 54.4 Å². The minimum absolute atomic E-state index is 0.0331. The van der Waals surface area contributed by atoms with Gasteiger partial charge in [0.15, 0.2) is 9.84 Å². The van der Waals surface area contributed by atoms with Gasteiger partial charge in [0, 0.05) is 6.42 Å². The van der Waals surface area contributed by atoms with E-state index in [1.54, 1.807) is 12.1 Å². The number of piperidine rings is 1. The fourth-order valence-electron chi connectivity index (χ4n) is 4.54. The first kappa shape index (κ1) is 33.4. The zero-order valence-corrected chi connectivity index (χ0v) is 25.5. The number of carbonyl (C=O) groups excluding carboxylic acids is 4. The third-order valence-corrected chi connectivity index (χ3v) is 9.82. The molecule has 0 saturated carbocycles. The van der Waals surface area contributed by atoms with Gasteiger partial charge in [0.05, 0.1) is 72.9 Å². The molecule has 2 aromatic rings. The Labute approximate surface area is 254 Å². The third kappa shape index (κ3) is 7.94. The maximum atomic E-state index is 13.2. The first-order valence-corrected chi connectivity index (χ1v) is 16.7. The minimum atomic E-state index is -4.05. The molecule has 238 valence electrons. The SMILES string of the molecule is Cc1ccc(S(=O)(=O)OCCOCCOCCOCCS(=O)(=O)c2cccc3c2C(=O)N(C2CCC(=O)NC2=O)C3=O)cc1. The molecule has 16 heteroatoms. The van der Waals surface area contributed by atoms with E-state index in [0.717, 1.165) is 5.56 Å². The smallest absolute Gasteiger partial charge is 0.297 e. The minimum Gasteiger partial charge on any atom is -0.378 e. The molecule has 1 atom stereocenters. The number of benzene rings is 2. The fourth-order valence-corrected chi connectivity index (χ4v) is 6.78. The van der Waals surface area contributed by atoms with Gasteiger partial charge in [-0.25, -0.2) is 8.42 Å². The van der Waals surface area contributed by atoms with Crippen molar-refractivity contribution in [2.45, 2.75) is 35.6 Å². The van der Waals surface area contributed by atoms with E-state index >= 15 is 0 Å². The number of nitrogens with one attached hydrogen (secondary N) is 1. The summed E-state index contributed by atoms with van der Waals surface area (Å²) in [6.45, 7) is 2.07. The van der Waals surface area contributed by atoms with Crippen molar-refractivity contribution in [2.75, 3.05) is 52.0 Å². The predicted octanol–water partition coefficient (Wildman–Crippen LogP) is 0.625. The largest absolute Gasteiger partial charge is 0.378 e. The Kier molecular flexibility index (Phi) is 11.0. The lowest BCUT2D eigenvalue weighted by Crippen LogP contribution is -2.54. The molecule has 0 radical (unpaired) electrons. The van der Waals surface area contributed by atoms with E-state index in [1.807, 2.05) is 6.92 Å². The number of hydrogen-bond acceptors (Lipinski definition) is 12. The van der Waals surface area contributed by atoms with Crippen molar-refractivity contribution >= 4 is 43.6 Å². The zero-order chi connectivity index (χ0) is 31.9. The standard InChI is InChI=1S/C28H32N2O12S2/c1-19-5-7-20(8-6-19)44(37,38)42-16-15-40-12-11-39-13-14-41-17-18-43(35,36)23-4-2-3-21-25(23)28(34)30(27(21)33)22-9-10-24(31)29-26(22)32/h2-8,22H,9-18H2,1H3,(H,29,31,32). The molecule has 1 unspecified atom stereocenters. The van der Waals surface area contributed by atoms with Crippen molar-refractivity contribution in [3.63, 3.8) is 0 Å². The Balaban J connectivity index is 1.14. The number of carbonyl (C=O) groups is 4. The Bertz CT molecular complexity index is 1620. The Morgan fingerprint density at radius 1 is 0.795 bits per heavy atom. The second-order valence-corrected chi connectivity index (χ2v) is 13.6. The molecule has 2 aliphatic heterocycles. The van der Waals surface area contributed by atoms with E-state index < -0.39 is 55.4 Å². The molecule has 2 aromatic carbocycles. The van der Waals surface area contributed by atoms with Gasteiger partial charge in [-0.1, -0.05) is 23.8 Å². The van der Waals surface area contributed by atoms with Gasteiger partial charge in [-0.3, -0.25) is 33.6 Å². The van der Waals surface area contributed by atoms with E-state index in [9.17, 15) is 36.0 Å². The summed E-state index contributed by atoms with van der Waals surface area (Å²) in [5.74, 6) is -3.48. The van der Waals surface area contributed by atoms with Crippen molar-refractivity contribution in [1.82, 2.24) is 10.2 Å². The Morgan fingerprint density at radius 3 is 2.05 bits per heavy atom. The number of nitrogens with zero attached hydrogens (tertiary/aromatic N) is 1. The average molecular weight is 653 g/mol. The third-order valence-electron chi connectivity index (χ3n) is 6.78. The number of imide groups is 2. The summed E-state index contributed by atoms with van der Waals surface area (Å²) < 4.78 is 71.3. The van der Waals surface area contributed by atoms with Crippen LogP contribution in [0.4, 0.5) is 0 Å². The number of ether oxygens (including phenoxy) is 3. The van der Waals surface area contributed by atoms with Gasteiger partial charge in [-0.15, -0.1) is 0 Å². The molecular formula is C28H32N2O12S2. The maximum absolute atomic E-state index is 13.2. The normalized spacial score (nSPS) is 17.2. The molecule has 1 saturated heterocycles. The van der Waals surface area contributed by atoms with E-state index in [-0.39, 0.29) is 80.0 Å². The Hall–Kier alpha value is -3.54. The molecule has 1 N–H and O–H groups in total. The lowest BCUT2D eigenvalue weighted by molar-refractivity contribution is -0.136. The van der Waals surface area contributed by atoms with Crippen LogP contribution in [0.15, 0.2) is 52.3 Å². The van der Waals surface area contributed by atoms with Gasteiger partial charge in [-0.05, 0) is 37.6 Å². The van der Waals surface area contributed by atoms with Crippen molar-refractivity contribution in [3.8, 4) is 0 Å². The van der Waals surface area contributed by atoms with Crippen molar-refractivity contribution in [2.24, 2.45) is 0 Å². The fraction of sp³-hybridized carbons (Fsp3) is 0.429. The summed E-state index contributed by atoms with van der Waals surface area (Å²) in [5.41, 5.74) is 0.497. The van der Waals surface area contributed by atoms with Crippen LogP contribution < -0.4 is 5.32 Å². The summed E-state index contributed by atoms with van der Waals surface area (Å²) in [6.07, 6.45) is -0.104. The monoisotopic (exact) mass is 652 g/mol. The van der Waals surface area contributed by atoms with Crippen LogP contribution in [0.2, 0.25) is 0 Å². The van der Waals surface area contributed by atoms with Crippen LogP contribution in [0.3, 0.4) is 0 Å². The highest BCUT2D eigenvalue weighted by atomic mass is 32.2. The van der Waals surface area contributed by atoms with E-state index in [0.29, 0.717) is 4.90 Å². The highest BCUT2D eigenvalue weighted by molar-refractivity contribution is 7.91. The van der Waals surface area contributed by atoms with Crippen LogP contribution in [-0.4, -0.2) is 103 Å². The summed E-state index contributed by atoms with van der Waals surface area (Å²) in [7, 11) is -7.92. The molecule has 14 nitrogen and oxygen atoms in total. The first-order valence-electron chi connectivity index (χ1n) is 13.7. The molecule has 1 fully saturated rings. The van der Waals surface area contributed by atoms with Gasteiger partial charge in [-0.2, -0.15) is 8.42 Å². The number of sulfone groups is 1. The van der Waals surface area contributed by atoms with Crippen LogP contribution in [-0.2, 0) is 47.9 Å².